The third kappa shape index (κ3) is 2.34. The molecule has 1 atom stereocenters. The molecule has 1 unspecified atom stereocenters. The Bertz CT molecular complexity index is 789. The first-order chi connectivity index (χ1) is 10.8. The van der Waals surface area contributed by atoms with Gasteiger partial charge in [0.2, 0.25) is 0 Å². The first kappa shape index (κ1) is 13.3. The highest BCUT2D eigenvalue weighted by molar-refractivity contribution is 5.64. The van der Waals surface area contributed by atoms with Crippen LogP contribution < -0.4 is 5.73 Å². The summed E-state index contributed by atoms with van der Waals surface area (Å²) in [6.07, 6.45) is 7.42. The minimum absolute atomic E-state index is 0.174. The monoisotopic (exact) mass is 289 g/mol. The maximum Gasteiger partial charge on any atom is 0.0645 e. The molecular formula is C19H19N3. The zero-order chi connectivity index (χ0) is 14.9. The van der Waals surface area contributed by atoms with Crippen molar-refractivity contribution in [3.63, 3.8) is 0 Å². The van der Waals surface area contributed by atoms with E-state index in [2.05, 4.69) is 41.6 Å². The van der Waals surface area contributed by atoms with Gasteiger partial charge in [-0.2, -0.15) is 5.10 Å². The van der Waals surface area contributed by atoms with Crippen LogP contribution in [-0.2, 0) is 6.42 Å². The van der Waals surface area contributed by atoms with Crippen LogP contribution in [0.2, 0.25) is 0 Å². The largest absolute Gasteiger partial charge is 0.324 e. The van der Waals surface area contributed by atoms with Gasteiger partial charge in [0.1, 0.15) is 0 Å². The molecule has 0 amide bonds. The minimum atomic E-state index is 0.174. The normalized spacial score (nSPS) is 17.2. The Balaban J connectivity index is 1.71. The predicted octanol–water partition coefficient (Wildman–Crippen LogP) is 3.88. The maximum atomic E-state index is 6.27. The molecule has 3 nitrogen and oxygen atoms in total. The first-order valence-corrected chi connectivity index (χ1v) is 7.80. The zero-order valence-corrected chi connectivity index (χ0v) is 12.4. The van der Waals surface area contributed by atoms with Crippen molar-refractivity contribution < 1.29 is 0 Å². The topological polar surface area (TPSA) is 43.8 Å². The molecule has 2 N–H and O–H groups in total. The van der Waals surface area contributed by atoms with E-state index in [1.165, 1.54) is 23.1 Å². The van der Waals surface area contributed by atoms with Crippen LogP contribution in [0.25, 0.3) is 16.8 Å². The van der Waals surface area contributed by atoms with E-state index in [0.29, 0.717) is 0 Å². The molecule has 3 heteroatoms. The number of aromatic nitrogens is 2. The molecule has 1 heterocycles. The summed E-state index contributed by atoms with van der Waals surface area (Å²) in [5, 5.41) is 4.48. The second-order valence-electron chi connectivity index (χ2n) is 5.92. The van der Waals surface area contributed by atoms with Gasteiger partial charge in [-0.1, -0.05) is 30.3 Å². The molecule has 1 aromatic heterocycles. The van der Waals surface area contributed by atoms with Crippen LogP contribution in [-0.4, -0.2) is 9.78 Å². The molecule has 2 aromatic carbocycles. The smallest absolute Gasteiger partial charge is 0.0645 e. The number of nitrogens with two attached hydrogens (primary N) is 1. The van der Waals surface area contributed by atoms with Crippen molar-refractivity contribution in [3.8, 4) is 16.8 Å². The minimum Gasteiger partial charge on any atom is -0.324 e. The highest BCUT2D eigenvalue weighted by atomic mass is 15.3. The van der Waals surface area contributed by atoms with Gasteiger partial charge in [-0.25, -0.2) is 4.68 Å². The molecule has 0 radical (unpaired) electrons. The number of fused-ring (bicyclic) bond motifs is 1. The second kappa shape index (κ2) is 5.43. The number of para-hydroxylation sites is 1. The van der Waals surface area contributed by atoms with Crippen LogP contribution >= 0.6 is 0 Å². The number of aryl methyl sites for hydroxylation is 1. The molecule has 3 aromatic rings. The fourth-order valence-electron chi connectivity index (χ4n) is 3.21. The Morgan fingerprint density at radius 2 is 1.91 bits per heavy atom. The van der Waals surface area contributed by atoms with Gasteiger partial charge in [0, 0.05) is 17.8 Å². The van der Waals surface area contributed by atoms with Gasteiger partial charge in [0.15, 0.2) is 0 Å². The SMILES string of the molecule is NC1CCCc2ccc(-c3cnn(-c4ccccc4)c3)cc21. The Labute approximate surface area is 130 Å². The zero-order valence-electron chi connectivity index (χ0n) is 12.4. The molecule has 22 heavy (non-hydrogen) atoms. The van der Waals surface area contributed by atoms with E-state index in [1.807, 2.05) is 29.1 Å². The van der Waals surface area contributed by atoms with Gasteiger partial charge in [0.25, 0.3) is 0 Å². The summed E-state index contributed by atoms with van der Waals surface area (Å²) in [4.78, 5) is 0. The highest BCUT2D eigenvalue weighted by Gasteiger charge is 2.17. The molecule has 4 rings (SSSR count). The van der Waals surface area contributed by atoms with Crippen LogP contribution in [0.4, 0.5) is 0 Å². The van der Waals surface area contributed by atoms with Gasteiger partial charge in [-0.3, -0.25) is 0 Å². The molecule has 0 fully saturated rings. The van der Waals surface area contributed by atoms with Crippen LogP contribution in [0.15, 0.2) is 60.9 Å². The maximum absolute atomic E-state index is 6.27. The summed E-state index contributed by atoms with van der Waals surface area (Å²) < 4.78 is 1.91. The van der Waals surface area contributed by atoms with Crippen LogP contribution in [0.1, 0.15) is 30.0 Å². The molecule has 110 valence electrons. The van der Waals surface area contributed by atoms with Crippen LogP contribution in [0.3, 0.4) is 0 Å². The van der Waals surface area contributed by atoms with E-state index in [-0.39, 0.29) is 6.04 Å². The summed E-state index contributed by atoms with van der Waals surface area (Å²) in [7, 11) is 0. The molecule has 0 saturated carbocycles. The van der Waals surface area contributed by atoms with E-state index in [9.17, 15) is 0 Å². The average molecular weight is 289 g/mol. The van der Waals surface area contributed by atoms with Crippen molar-refractivity contribution in [3.05, 3.63) is 72.1 Å². The lowest BCUT2D eigenvalue weighted by Crippen LogP contribution is -2.17. The second-order valence-corrected chi connectivity index (χ2v) is 5.92. The number of hydrogen-bond donors (Lipinski definition) is 1. The molecule has 0 aliphatic heterocycles. The Morgan fingerprint density at radius 3 is 2.77 bits per heavy atom. The van der Waals surface area contributed by atoms with Gasteiger partial charge >= 0.3 is 0 Å². The fraction of sp³-hybridized carbons (Fsp3) is 0.211. The van der Waals surface area contributed by atoms with Crippen molar-refractivity contribution in [1.82, 2.24) is 9.78 Å². The fourth-order valence-corrected chi connectivity index (χ4v) is 3.21. The van der Waals surface area contributed by atoms with E-state index < -0.39 is 0 Å². The number of nitrogens with zero attached hydrogens (tertiary/aromatic N) is 2. The van der Waals surface area contributed by atoms with Crippen molar-refractivity contribution in [2.24, 2.45) is 5.73 Å². The van der Waals surface area contributed by atoms with Crippen molar-refractivity contribution in [2.45, 2.75) is 25.3 Å². The summed E-state index contributed by atoms with van der Waals surface area (Å²) in [6.45, 7) is 0. The molecule has 0 spiro atoms. The third-order valence-electron chi connectivity index (χ3n) is 4.44. The molecular weight excluding hydrogens is 270 g/mol. The van der Waals surface area contributed by atoms with Gasteiger partial charge < -0.3 is 5.73 Å². The van der Waals surface area contributed by atoms with Crippen molar-refractivity contribution in [2.75, 3.05) is 0 Å². The van der Waals surface area contributed by atoms with Gasteiger partial charge in [0.05, 0.1) is 11.9 Å². The Kier molecular flexibility index (Phi) is 3.28. The summed E-state index contributed by atoms with van der Waals surface area (Å²) in [6, 6.07) is 17.0. The van der Waals surface area contributed by atoms with Gasteiger partial charge in [-0.15, -0.1) is 0 Å². The van der Waals surface area contributed by atoms with Crippen LogP contribution in [0.5, 0.6) is 0 Å². The lowest BCUT2D eigenvalue weighted by Gasteiger charge is -2.22. The van der Waals surface area contributed by atoms with E-state index in [1.54, 1.807) is 0 Å². The lowest BCUT2D eigenvalue weighted by atomic mass is 9.86. The first-order valence-electron chi connectivity index (χ1n) is 7.80. The Morgan fingerprint density at radius 1 is 1.05 bits per heavy atom. The quantitative estimate of drug-likeness (QED) is 0.778. The van der Waals surface area contributed by atoms with Crippen molar-refractivity contribution >= 4 is 0 Å². The van der Waals surface area contributed by atoms with E-state index in [4.69, 9.17) is 5.73 Å². The van der Waals surface area contributed by atoms with E-state index in [0.717, 1.165) is 24.1 Å². The summed E-state index contributed by atoms with van der Waals surface area (Å²) in [5.74, 6) is 0. The number of benzene rings is 2. The van der Waals surface area contributed by atoms with Crippen molar-refractivity contribution in [1.29, 1.82) is 0 Å². The predicted molar refractivity (Wildman–Crippen MR) is 88.9 cm³/mol. The van der Waals surface area contributed by atoms with E-state index >= 15 is 0 Å². The summed E-state index contributed by atoms with van der Waals surface area (Å²) >= 11 is 0. The van der Waals surface area contributed by atoms with Crippen LogP contribution in [0, 0.1) is 0 Å². The molecule has 1 aliphatic rings. The number of hydrogen-bond acceptors (Lipinski definition) is 2. The Hall–Kier alpha value is -2.39. The molecule has 0 saturated heterocycles. The standard InChI is InChI=1S/C19H19N3/c20-19-8-4-5-14-9-10-15(11-18(14)19)16-12-21-22(13-16)17-6-2-1-3-7-17/h1-3,6-7,9-13,19H,4-5,8,20H2. The molecule has 1 aliphatic carbocycles. The lowest BCUT2D eigenvalue weighted by molar-refractivity contribution is 0.571. The number of rotatable bonds is 2. The van der Waals surface area contributed by atoms with Gasteiger partial charge in [-0.05, 0) is 54.2 Å². The highest BCUT2D eigenvalue weighted by Crippen LogP contribution is 2.31. The molecule has 0 bridgehead atoms. The summed E-state index contributed by atoms with van der Waals surface area (Å²) in [5.41, 5.74) is 12.4. The average Bonchev–Trinajstić information content (AvgIpc) is 3.06. The third-order valence-corrected chi connectivity index (χ3v) is 4.44.